The van der Waals surface area contributed by atoms with E-state index in [-0.39, 0.29) is 18.1 Å². The van der Waals surface area contributed by atoms with Gasteiger partial charge in [0.25, 0.3) is 0 Å². The fourth-order valence-electron chi connectivity index (χ4n) is 3.15. The summed E-state index contributed by atoms with van der Waals surface area (Å²) in [5.41, 5.74) is 2.98. The van der Waals surface area contributed by atoms with Crippen molar-refractivity contribution in [1.29, 1.82) is 0 Å². The first-order valence-electron chi connectivity index (χ1n) is 7.86. The molecular formula is C17H23N3O2. The van der Waals surface area contributed by atoms with Crippen LogP contribution in [0.4, 0.5) is 10.5 Å². The number of hydrogen-bond donors (Lipinski definition) is 3. The quantitative estimate of drug-likeness (QED) is 0.798. The maximum absolute atomic E-state index is 12.4. The monoisotopic (exact) mass is 301 g/mol. The second-order valence-corrected chi connectivity index (χ2v) is 6.27. The van der Waals surface area contributed by atoms with Crippen LogP contribution in [0.2, 0.25) is 0 Å². The maximum Gasteiger partial charge on any atom is 0.321 e. The van der Waals surface area contributed by atoms with E-state index in [4.69, 9.17) is 0 Å². The van der Waals surface area contributed by atoms with E-state index in [1.807, 2.05) is 25.1 Å². The van der Waals surface area contributed by atoms with Crippen LogP contribution in [-0.2, 0) is 0 Å². The molecule has 2 amide bonds. The van der Waals surface area contributed by atoms with Crippen molar-refractivity contribution in [2.45, 2.75) is 32.8 Å². The molecule has 1 saturated heterocycles. The van der Waals surface area contributed by atoms with Gasteiger partial charge in [0.15, 0.2) is 0 Å². The smallest absolute Gasteiger partial charge is 0.321 e. The van der Waals surface area contributed by atoms with Gasteiger partial charge < -0.3 is 20.3 Å². The number of likely N-dealkylation sites (tertiary alicyclic amines) is 1. The molecule has 3 N–H and O–H groups in total. The van der Waals surface area contributed by atoms with Gasteiger partial charge in [0, 0.05) is 41.3 Å². The van der Waals surface area contributed by atoms with Gasteiger partial charge in [-0.05, 0) is 51.0 Å². The number of urea groups is 1. The number of benzene rings is 1. The third-order valence-corrected chi connectivity index (χ3v) is 4.43. The molecule has 22 heavy (non-hydrogen) atoms. The molecule has 0 saturated carbocycles. The van der Waals surface area contributed by atoms with Crippen molar-refractivity contribution in [1.82, 2.24) is 9.88 Å². The van der Waals surface area contributed by atoms with Crippen LogP contribution < -0.4 is 5.32 Å². The molecule has 0 bridgehead atoms. The van der Waals surface area contributed by atoms with Gasteiger partial charge in [-0.1, -0.05) is 0 Å². The number of aromatic nitrogens is 1. The van der Waals surface area contributed by atoms with Crippen molar-refractivity contribution in [2.24, 2.45) is 5.92 Å². The van der Waals surface area contributed by atoms with Crippen LogP contribution in [0.25, 0.3) is 10.9 Å². The topological polar surface area (TPSA) is 68.4 Å². The summed E-state index contributed by atoms with van der Waals surface area (Å²) in [5, 5.41) is 13.8. The van der Waals surface area contributed by atoms with E-state index in [9.17, 15) is 9.90 Å². The summed E-state index contributed by atoms with van der Waals surface area (Å²) < 4.78 is 0. The minimum absolute atomic E-state index is 0.0862. The fourth-order valence-corrected chi connectivity index (χ4v) is 3.15. The minimum Gasteiger partial charge on any atom is -0.393 e. The molecular weight excluding hydrogens is 278 g/mol. The Balaban J connectivity index is 1.69. The number of H-pyrrole nitrogens is 1. The molecule has 2 unspecified atom stereocenters. The lowest BCUT2D eigenvalue weighted by Gasteiger charge is -2.34. The van der Waals surface area contributed by atoms with E-state index in [0.29, 0.717) is 6.54 Å². The summed E-state index contributed by atoms with van der Waals surface area (Å²) in [6.45, 7) is 5.19. The molecule has 1 aromatic carbocycles. The summed E-state index contributed by atoms with van der Waals surface area (Å²) in [4.78, 5) is 17.5. The molecule has 0 aliphatic carbocycles. The molecule has 5 nitrogen and oxygen atoms in total. The van der Waals surface area contributed by atoms with Crippen molar-refractivity contribution >= 4 is 22.6 Å². The van der Waals surface area contributed by atoms with Crippen LogP contribution >= 0.6 is 0 Å². The molecule has 3 rings (SSSR count). The molecule has 118 valence electrons. The number of hydrogen-bond acceptors (Lipinski definition) is 2. The number of fused-ring (bicyclic) bond motifs is 1. The number of carbonyl (C=O) groups is 1. The molecule has 1 fully saturated rings. The highest BCUT2D eigenvalue weighted by atomic mass is 16.3. The Bertz CT molecular complexity index is 678. The molecule has 1 aliphatic heterocycles. The zero-order chi connectivity index (χ0) is 15.7. The van der Waals surface area contributed by atoms with Crippen molar-refractivity contribution < 1.29 is 9.90 Å². The Kier molecular flexibility index (Phi) is 4.07. The number of piperidine rings is 1. The first-order chi connectivity index (χ1) is 10.5. The van der Waals surface area contributed by atoms with Gasteiger partial charge in [0.05, 0.1) is 6.10 Å². The second kappa shape index (κ2) is 6.01. The average Bonchev–Trinajstić information content (AvgIpc) is 2.86. The second-order valence-electron chi connectivity index (χ2n) is 6.27. The summed E-state index contributed by atoms with van der Waals surface area (Å²) >= 11 is 0. The van der Waals surface area contributed by atoms with Crippen molar-refractivity contribution in [3.63, 3.8) is 0 Å². The standard InChI is InChI=1S/C17H23N3O2/c1-11-8-14-9-15(5-6-16(14)18-11)19-17(22)20-7-3-4-13(10-20)12(2)21/h5-6,8-9,12-13,18,21H,3-4,7,10H2,1-2H3,(H,19,22). The van der Waals surface area contributed by atoms with Crippen LogP contribution in [0, 0.1) is 12.8 Å². The lowest BCUT2D eigenvalue weighted by atomic mass is 9.94. The van der Waals surface area contributed by atoms with Gasteiger partial charge in [-0.3, -0.25) is 0 Å². The Morgan fingerprint density at radius 3 is 3.05 bits per heavy atom. The molecule has 1 aromatic heterocycles. The van der Waals surface area contributed by atoms with Crippen molar-refractivity contribution in [3.05, 3.63) is 30.0 Å². The predicted octanol–water partition coefficient (Wildman–Crippen LogP) is 3.10. The van der Waals surface area contributed by atoms with Gasteiger partial charge in [0.1, 0.15) is 0 Å². The lowest BCUT2D eigenvalue weighted by molar-refractivity contribution is 0.0766. The van der Waals surface area contributed by atoms with E-state index >= 15 is 0 Å². The summed E-state index contributed by atoms with van der Waals surface area (Å²) in [6, 6.07) is 7.85. The number of carbonyl (C=O) groups excluding carboxylic acids is 1. The van der Waals surface area contributed by atoms with E-state index in [0.717, 1.165) is 41.7 Å². The first-order valence-corrected chi connectivity index (χ1v) is 7.86. The van der Waals surface area contributed by atoms with Crippen molar-refractivity contribution in [2.75, 3.05) is 18.4 Å². The molecule has 2 aromatic rings. The summed E-state index contributed by atoms with van der Waals surface area (Å²) in [7, 11) is 0. The summed E-state index contributed by atoms with van der Waals surface area (Å²) in [6.07, 6.45) is 1.56. The Morgan fingerprint density at radius 1 is 1.45 bits per heavy atom. The Labute approximate surface area is 130 Å². The fraction of sp³-hybridized carbons (Fsp3) is 0.471. The Morgan fingerprint density at radius 2 is 2.27 bits per heavy atom. The molecule has 0 radical (unpaired) electrons. The largest absolute Gasteiger partial charge is 0.393 e. The van der Waals surface area contributed by atoms with Crippen LogP contribution in [0.3, 0.4) is 0 Å². The van der Waals surface area contributed by atoms with Crippen molar-refractivity contribution in [3.8, 4) is 0 Å². The highest BCUT2D eigenvalue weighted by Gasteiger charge is 2.26. The first kappa shape index (κ1) is 14.9. The number of nitrogens with zero attached hydrogens (tertiary/aromatic N) is 1. The molecule has 0 spiro atoms. The minimum atomic E-state index is -0.366. The Hall–Kier alpha value is -2.01. The average molecular weight is 301 g/mol. The van der Waals surface area contributed by atoms with Crippen LogP contribution in [0.5, 0.6) is 0 Å². The lowest BCUT2D eigenvalue weighted by Crippen LogP contribution is -2.44. The van der Waals surface area contributed by atoms with Crippen LogP contribution in [0.15, 0.2) is 24.3 Å². The maximum atomic E-state index is 12.4. The molecule has 2 atom stereocenters. The third kappa shape index (κ3) is 3.09. The zero-order valence-electron chi connectivity index (χ0n) is 13.1. The third-order valence-electron chi connectivity index (χ3n) is 4.43. The van der Waals surface area contributed by atoms with Gasteiger partial charge in [0.2, 0.25) is 0 Å². The van der Waals surface area contributed by atoms with E-state index in [1.54, 1.807) is 11.8 Å². The number of rotatable bonds is 2. The molecule has 2 heterocycles. The van der Waals surface area contributed by atoms with Crippen LogP contribution in [0.1, 0.15) is 25.5 Å². The number of aromatic amines is 1. The van der Waals surface area contributed by atoms with Gasteiger partial charge in [-0.15, -0.1) is 0 Å². The van der Waals surface area contributed by atoms with Gasteiger partial charge in [-0.25, -0.2) is 4.79 Å². The van der Waals surface area contributed by atoms with E-state index in [1.165, 1.54) is 0 Å². The van der Waals surface area contributed by atoms with Crippen LogP contribution in [-0.4, -0.2) is 40.2 Å². The number of nitrogens with one attached hydrogen (secondary N) is 2. The number of aliphatic hydroxyl groups is 1. The zero-order valence-corrected chi connectivity index (χ0v) is 13.1. The molecule has 5 heteroatoms. The highest BCUT2D eigenvalue weighted by molar-refractivity contribution is 5.93. The molecule has 1 aliphatic rings. The number of anilines is 1. The number of aryl methyl sites for hydroxylation is 1. The number of amides is 2. The number of aliphatic hydroxyl groups excluding tert-OH is 1. The van der Waals surface area contributed by atoms with E-state index < -0.39 is 0 Å². The van der Waals surface area contributed by atoms with Gasteiger partial charge in [-0.2, -0.15) is 0 Å². The highest BCUT2D eigenvalue weighted by Crippen LogP contribution is 2.22. The predicted molar refractivity (Wildman–Crippen MR) is 88.0 cm³/mol. The normalized spacial score (nSPS) is 20.1. The van der Waals surface area contributed by atoms with E-state index in [2.05, 4.69) is 16.4 Å². The summed E-state index contributed by atoms with van der Waals surface area (Å²) in [5.74, 6) is 0.175. The SMILES string of the molecule is Cc1cc2cc(NC(=O)N3CCCC(C(C)O)C3)ccc2[nH]1. The van der Waals surface area contributed by atoms with Gasteiger partial charge >= 0.3 is 6.03 Å².